The van der Waals surface area contributed by atoms with E-state index in [1.165, 1.54) is 30.8 Å². The van der Waals surface area contributed by atoms with E-state index in [0.29, 0.717) is 5.54 Å². The van der Waals surface area contributed by atoms with Crippen LogP contribution in [0.25, 0.3) is 0 Å². The van der Waals surface area contributed by atoms with E-state index in [1.54, 1.807) is 0 Å². The summed E-state index contributed by atoms with van der Waals surface area (Å²) in [6, 6.07) is 4.38. The fourth-order valence-electron chi connectivity index (χ4n) is 2.26. The Morgan fingerprint density at radius 3 is 3.00 bits per heavy atom. The molecular formula is C11H18N2S. The Hall–Kier alpha value is -0.380. The van der Waals surface area contributed by atoms with Gasteiger partial charge in [0.15, 0.2) is 0 Å². The molecule has 1 aliphatic rings. The largest absolute Gasteiger partial charge is 0.313 e. The Bertz CT molecular complexity index is 283. The highest BCUT2D eigenvalue weighted by molar-refractivity contribution is 7.09. The molecule has 3 heteroatoms. The second-order valence-corrected chi connectivity index (χ2v) is 5.31. The quantitative estimate of drug-likeness (QED) is 0.815. The maximum Gasteiger partial charge on any atom is 0.0366 e. The zero-order valence-corrected chi connectivity index (χ0v) is 9.73. The third-order valence-electron chi connectivity index (χ3n) is 3.17. The molecule has 0 bridgehead atoms. The number of likely N-dealkylation sites (N-methyl/N-ethyl adjacent to an activating group) is 2. The number of hydrogen-bond acceptors (Lipinski definition) is 3. The van der Waals surface area contributed by atoms with Crippen molar-refractivity contribution >= 4 is 11.3 Å². The molecule has 1 saturated heterocycles. The van der Waals surface area contributed by atoms with Crippen molar-refractivity contribution in [2.75, 3.05) is 27.2 Å². The minimum atomic E-state index is 0.319. The summed E-state index contributed by atoms with van der Waals surface area (Å²) in [5, 5.41) is 5.68. The van der Waals surface area contributed by atoms with Crippen molar-refractivity contribution in [3.05, 3.63) is 22.4 Å². The van der Waals surface area contributed by atoms with Crippen molar-refractivity contribution in [2.24, 2.45) is 0 Å². The number of hydrogen-bond donors (Lipinski definition) is 1. The zero-order chi connectivity index (χ0) is 10.0. The Morgan fingerprint density at radius 1 is 1.64 bits per heavy atom. The normalized spacial score (nSPS) is 28.4. The average molecular weight is 210 g/mol. The molecule has 0 saturated carbocycles. The highest BCUT2D eigenvalue weighted by Gasteiger charge is 2.35. The van der Waals surface area contributed by atoms with Crippen molar-refractivity contribution in [3.63, 3.8) is 0 Å². The monoisotopic (exact) mass is 210 g/mol. The first kappa shape index (κ1) is 10.1. The van der Waals surface area contributed by atoms with Crippen LogP contribution >= 0.6 is 11.3 Å². The summed E-state index contributed by atoms with van der Waals surface area (Å²) in [7, 11) is 4.29. The summed E-state index contributed by atoms with van der Waals surface area (Å²) in [4.78, 5) is 3.90. The number of nitrogens with zero attached hydrogens (tertiary/aromatic N) is 1. The van der Waals surface area contributed by atoms with Gasteiger partial charge in [-0.25, -0.2) is 0 Å². The van der Waals surface area contributed by atoms with Crippen molar-refractivity contribution in [3.8, 4) is 0 Å². The highest BCUT2D eigenvalue weighted by atomic mass is 32.1. The van der Waals surface area contributed by atoms with Gasteiger partial charge in [-0.05, 0) is 38.5 Å². The van der Waals surface area contributed by atoms with Gasteiger partial charge in [0.25, 0.3) is 0 Å². The van der Waals surface area contributed by atoms with Gasteiger partial charge < -0.3 is 10.2 Å². The molecule has 0 aromatic carbocycles. The lowest BCUT2D eigenvalue weighted by atomic mass is 9.93. The lowest BCUT2D eigenvalue weighted by molar-refractivity contribution is 0.327. The lowest BCUT2D eigenvalue weighted by Gasteiger charge is -2.28. The first-order valence-corrected chi connectivity index (χ1v) is 6.02. The summed E-state index contributed by atoms with van der Waals surface area (Å²) in [6.07, 6.45) is 2.43. The Balaban J connectivity index is 2.06. The predicted octanol–water partition coefficient (Wildman–Crippen LogP) is 1.58. The molecule has 0 radical (unpaired) electrons. The summed E-state index contributed by atoms with van der Waals surface area (Å²) >= 11 is 1.87. The summed E-state index contributed by atoms with van der Waals surface area (Å²) in [6.45, 7) is 2.38. The van der Waals surface area contributed by atoms with Gasteiger partial charge in [0, 0.05) is 23.4 Å². The third kappa shape index (κ3) is 2.00. The SMILES string of the molecule is CNC1(Cc2cccs2)CCN(C)C1. The molecular weight excluding hydrogens is 192 g/mol. The van der Waals surface area contributed by atoms with Crippen LogP contribution in [0.3, 0.4) is 0 Å². The van der Waals surface area contributed by atoms with Crippen molar-refractivity contribution in [1.29, 1.82) is 0 Å². The molecule has 1 atom stereocenters. The van der Waals surface area contributed by atoms with E-state index >= 15 is 0 Å². The van der Waals surface area contributed by atoms with Gasteiger partial charge in [-0.2, -0.15) is 0 Å². The van der Waals surface area contributed by atoms with Gasteiger partial charge in [-0.3, -0.25) is 0 Å². The van der Waals surface area contributed by atoms with E-state index < -0.39 is 0 Å². The van der Waals surface area contributed by atoms with Crippen LogP contribution in [0, 0.1) is 0 Å². The molecule has 2 heterocycles. The molecule has 14 heavy (non-hydrogen) atoms. The van der Waals surface area contributed by atoms with Crippen LogP contribution in [0.15, 0.2) is 17.5 Å². The molecule has 1 aromatic heterocycles. The third-order valence-corrected chi connectivity index (χ3v) is 4.04. The van der Waals surface area contributed by atoms with Gasteiger partial charge in [-0.15, -0.1) is 11.3 Å². The second kappa shape index (κ2) is 4.01. The molecule has 2 nitrogen and oxygen atoms in total. The molecule has 1 N–H and O–H groups in total. The lowest BCUT2D eigenvalue weighted by Crippen LogP contribution is -2.46. The standard InChI is InChI=1S/C11H18N2S/c1-12-11(5-6-13(2)9-11)8-10-4-3-7-14-10/h3-4,7,12H,5-6,8-9H2,1-2H3. The fourth-order valence-corrected chi connectivity index (χ4v) is 3.11. The van der Waals surface area contributed by atoms with Crippen molar-refractivity contribution in [2.45, 2.75) is 18.4 Å². The maximum absolute atomic E-state index is 3.51. The van der Waals surface area contributed by atoms with Gasteiger partial charge in [0.05, 0.1) is 0 Å². The van der Waals surface area contributed by atoms with Gasteiger partial charge in [0.1, 0.15) is 0 Å². The predicted molar refractivity (Wildman–Crippen MR) is 61.9 cm³/mol. The van der Waals surface area contributed by atoms with Crippen LogP contribution in [0.1, 0.15) is 11.3 Å². The topological polar surface area (TPSA) is 15.3 Å². The molecule has 0 spiro atoms. The molecule has 1 unspecified atom stereocenters. The zero-order valence-electron chi connectivity index (χ0n) is 8.92. The molecule has 2 rings (SSSR count). The van der Waals surface area contributed by atoms with Crippen LogP contribution in [0.4, 0.5) is 0 Å². The number of likely N-dealkylation sites (tertiary alicyclic amines) is 1. The number of nitrogens with one attached hydrogen (secondary N) is 1. The highest BCUT2D eigenvalue weighted by Crippen LogP contribution is 2.26. The first-order valence-electron chi connectivity index (χ1n) is 5.14. The molecule has 1 aliphatic heterocycles. The van der Waals surface area contributed by atoms with Gasteiger partial charge in [0.2, 0.25) is 0 Å². The van der Waals surface area contributed by atoms with Crippen LogP contribution in [0.2, 0.25) is 0 Å². The molecule has 78 valence electrons. The smallest absolute Gasteiger partial charge is 0.0366 e. The first-order chi connectivity index (χ1) is 6.74. The summed E-state index contributed by atoms with van der Waals surface area (Å²) < 4.78 is 0. The average Bonchev–Trinajstić information content (AvgIpc) is 2.77. The second-order valence-electron chi connectivity index (χ2n) is 4.27. The van der Waals surface area contributed by atoms with E-state index in [-0.39, 0.29) is 0 Å². The van der Waals surface area contributed by atoms with Crippen LogP contribution in [-0.4, -0.2) is 37.6 Å². The molecule has 1 aromatic rings. The summed E-state index contributed by atoms with van der Waals surface area (Å²) in [5.74, 6) is 0. The number of rotatable bonds is 3. The maximum atomic E-state index is 3.51. The Labute approximate surface area is 89.9 Å². The van der Waals surface area contributed by atoms with E-state index in [0.717, 1.165) is 0 Å². The van der Waals surface area contributed by atoms with Crippen molar-refractivity contribution in [1.82, 2.24) is 10.2 Å². The Morgan fingerprint density at radius 2 is 2.50 bits per heavy atom. The van der Waals surface area contributed by atoms with Crippen molar-refractivity contribution < 1.29 is 0 Å². The van der Waals surface area contributed by atoms with Gasteiger partial charge >= 0.3 is 0 Å². The van der Waals surface area contributed by atoms with Crippen LogP contribution in [-0.2, 0) is 6.42 Å². The minimum absolute atomic E-state index is 0.319. The summed E-state index contributed by atoms with van der Waals surface area (Å²) in [5.41, 5.74) is 0.319. The molecule has 0 aliphatic carbocycles. The fraction of sp³-hybridized carbons (Fsp3) is 0.636. The minimum Gasteiger partial charge on any atom is -0.313 e. The van der Waals surface area contributed by atoms with E-state index in [4.69, 9.17) is 0 Å². The van der Waals surface area contributed by atoms with E-state index in [9.17, 15) is 0 Å². The molecule has 0 amide bonds. The van der Waals surface area contributed by atoms with Crippen LogP contribution in [0.5, 0.6) is 0 Å². The van der Waals surface area contributed by atoms with E-state index in [2.05, 4.69) is 41.8 Å². The van der Waals surface area contributed by atoms with Crippen LogP contribution < -0.4 is 5.32 Å². The molecule has 1 fully saturated rings. The number of thiophene rings is 1. The van der Waals surface area contributed by atoms with E-state index in [1.807, 2.05) is 11.3 Å². The Kier molecular flexibility index (Phi) is 2.91. The van der Waals surface area contributed by atoms with Gasteiger partial charge in [-0.1, -0.05) is 6.07 Å².